The molecule has 1 saturated carbocycles. The van der Waals surface area contributed by atoms with E-state index >= 15 is 0 Å². The van der Waals surface area contributed by atoms with Crippen LogP contribution in [0.25, 0.3) is 0 Å². The molecule has 2 aliphatic rings. The first-order chi connectivity index (χ1) is 14.0. The van der Waals surface area contributed by atoms with Crippen LogP contribution >= 0.6 is 11.8 Å². The molecule has 7 heteroatoms. The number of amides is 1. The molecule has 1 aliphatic carbocycles. The van der Waals surface area contributed by atoms with Crippen molar-refractivity contribution in [3.63, 3.8) is 0 Å². The first-order valence-corrected chi connectivity index (χ1v) is 13.6. The van der Waals surface area contributed by atoms with E-state index in [9.17, 15) is 13.2 Å². The molecule has 0 radical (unpaired) electrons. The number of carbonyl (C=O) groups is 1. The van der Waals surface area contributed by atoms with Gasteiger partial charge in [-0.2, -0.15) is 11.8 Å². The van der Waals surface area contributed by atoms with E-state index in [0.29, 0.717) is 26.1 Å². The molecule has 1 saturated heterocycles. The molecule has 1 aliphatic heterocycles. The van der Waals surface area contributed by atoms with Gasteiger partial charge in [0.2, 0.25) is 15.9 Å². The van der Waals surface area contributed by atoms with E-state index in [2.05, 4.69) is 5.32 Å². The predicted octanol–water partition coefficient (Wildman–Crippen LogP) is 3.45. The summed E-state index contributed by atoms with van der Waals surface area (Å²) in [4.78, 5) is 12.5. The summed E-state index contributed by atoms with van der Waals surface area (Å²) in [6.45, 7) is 1.55. The summed E-state index contributed by atoms with van der Waals surface area (Å²) in [5.74, 6) is 0.893. The van der Waals surface area contributed by atoms with Gasteiger partial charge >= 0.3 is 0 Å². The first-order valence-electron chi connectivity index (χ1n) is 11.0. The van der Waals surface area contributed by atoms with Crippen molar-refractivity contribution in [1.82, 2.24) is 9.62 Å². The van der Waals surface area contributed by atoms with Gasteiger partial charge in [0.1, 0.15) is 0 Å². The van der Waals surface area contributed by atoms with Gasteiger partial charge in [-0.3, -0.25) is 4.79 Å². The molecular weight excluding hydrogens is 404 g/mol. The van der Waals surface area contributed by atoms with Crippen LogP contribution in [0.15, 0.2) is 30.3 Å². The summed E-state index contributed by atoms with van der Waals surface area (Å²) in [5.41, 5.74) is 1.16. The summed E-state index contributed by atoms with van der Waals surface area (Å²) >= 11 is 1.96. The van der Waals surface area contributed by atoms with Crippen LogP contribution in [-0.4, -0.2) is 55.0 Å². The third-order valence-electron chi connectivity index (χ3n) is 5.92. The van der Waals surface area contributed by atoms with Crippen molar-refractivity contribution in [1.29, 1.82) is 0 Å². The lowest BCUT2D eigenvalue weighted by molar-refractivity contribution is -0.125. The number of nitrogens with one attached hydrogen (secondary N) is 1. The van der Waals surface area contributed by atoms with Gasteiger partial charge in [-0.05, 0) is 44.1 Å². The van der Waals surface area contributed by atoms with Crippen molar-refractivity contribution in [2.45, 2.75) is 56.6 Å². The Hall–Kier alpha value is -1.05. The van der Waals surface area contributed by atoms with E-state index in [4.69, 9.17) is 0 Å². The highest BCUT2D eigenvalue weighted by Gasteiger charge is 2.31. The second kappa shape index (κ2) is 11.4. The number of aryl methyl sites for hydroxylation is 1. The van der Waals surface area contributed by atoms with Crippen molar-refractivity contribution in [3.8, 4) is 0 Å². The quantitative estimate of drug-likeness (QED) is 0.568. The topological polar surface area (TPSA) is 66.5 Å². The fourth-order valence-electron chi connectivity index (χ4n) is 4.24. The number of piperidine rings is 1. The molecule has 1 atom stereocenters. The minimum atomic E-state index is -3.31. The molecule has 1 heterocycles. The molecular formula is C22H34N2O3S2. The standard InChI is InChI=1S/C22H34N2O3S2/c25-22(23-14-16-28-21-12-4-5-13-21)20-11-6-15-24(18-20)29(26,27)17-7-10-19-8-2-1-3-9-19/h1-3,8-9,20-21H,4-7,10-18H2,(H,23,25)/t20-/m1/s1. The van der Waals surface area contributed by atoms with Gasteiger partial charge in [-0.15, -0.1) is 0 Å². The average molecular weight is 439 g/mol. The summed E-state index contributed by atoms with van der Waals surface area (Å²) in [5, 5.41) is 3.79. The van der Waals surface area contributed by atoms with E-state index < -0.39 is 10.0 Å². The second-order valence-corrected chi connectivity index (χ2v) is 11.7. The zero-order chi connectivity index (χ0) is 20.5. The zero-order valence-corrected chi connectivity index (χ0v) is 18.9. The largest absolute Gasteiger partial charge is 0.355 e. The Kier molecular flexibility index (Phi) is 8.87. The Balaban J connectivity index is 1.39. The number of benzene rings is 1. The minimum Gasteiger partial charge on any atom is -0.355 e. The molecule has 0 bridgehead atoms. The van der Waals surface area contributed by atoms with E-state index in [1.807, 2.05) is 42.1 Å². The number of carbonyl (C=O) groups excluding carboxylic acids is 1. The fraction of sp³-hybridized carbons (Fsp3) is 0.682. The van der Waals surface area contributed by atoms with E-state index in [0.717, 1.165) is 35.8 Å². The monoisotopic (exact) mass is 438 g/mol. The predicted molar refractivity (Wildman–Crippen MR) is 121 cm³/mol. The molecule has 162 valence electrons. The van der Waals surface area contributed by atoms with Crippen molar-refractivity contribution in [2.75, 3.05) is 31.1 Å². The normalized spacial score (nSPS) is 21.3. The maximum absolute atomic E-state index is 12.7. The first kappa shape index (κ1) is 22.6. The lowest BCUT2D eigenvalue weighted by atomic mass is 9.99. The Morgan fingerprint density at radius 1 is 1.10 bits per heavy atom. The highest BCUT2D eigenvalue weighted by molar-refractivity contribution is 7.99. The Morgan fingerprint density at radius 2 is 1.86 bits per heavy atom. The lowest BCUT2D eigenvalue weighted by Crippen LogP contribution is -2.46. The van der Waals surface area contributed by atoms with Crippen molar-refractivity contribution in [2.24, 2.45) is 5.92 Å². The van der Waals surface area contributed by atoms with Gasteiger partial charge in [0.25, 0.3) is 0 Å². The third kappa shape index (κ3) is 7.30. The molecule has 0 spiro atoms. The highest BCUT2D eigenvalue weighted by Crippen LogP contribution is 2.29. The number of hydrogen-bond acceptors (Lipinski definition) is 4. The van der Waals surface area contributed by atoms with Gasteiger partial charge in [0.15, 0.2) is 0 Å². The number of hydrogen-bond donors (Lipinski definition) is 1. The minimum absolute atomic E-state index is 0.0150. The summed E-state index contributed by atoms with van der Waals surface area (Å²) in [7, 11) is -3.31. The molecule has 2 fully saturated rings. The molecule has 3 rings (SSSR count). The number of thioether (sulfide) groups is 1. The van der Waals surface area contributed by atoms with Crippen molar-refractivity contribution in [3.05, 3.63) is 35.9 Å². The molecule has 0 aromatic heterocycles. The van der Waals surface area contributed by atoms with Crippen LogP contribution < -0.4 is 5.32 Å². The van der Waals surface area contributed by atoms with Crippen LogP contribution in [0.3, 0.4) is 0 Å². The molecule has 1 amide bonds. The summed E-state index contributed by atoms with van der Waals surface area (Å²) < 4.78 is 27.0. The van der Waals surface area contributed by atoms with Crippen LogP contribution in [0.1, 0.15) is 50.5 Å². The van der Waals surface area contributed by atoms with E-state index in [1.54, 1.807) is 4.31 Å². The Labute approximate surface area is 180 Å². The molecule has 5 nitrogen and oxygen atoms in total. The Morgan fingerprint density at radius 3 is 2.62 bits per heavy atom. The van der Waals surface area contributed by atoms with Gasteiger partial charge < -0.3 is 5.32 Å². The molecule has 1 aromatic rings. The van der Waals surface area contributed by atoms with Gasteiger partial charge in [0.05, 0.1) is 11.7 Å². The van der Waals surface area contributed by atoms with E-state index in [-0.39, 0.29) is 17.6 Å². The van der Waals surface area contributed by atoms with Crippen molar-refractivity contribution >= 4 is 27.7 Å². The average Bonchev–Trinajstić information content (AvgIpc) is 3.25. The van der Waals surface area contributed by atoms with Crippen LogP contribution in [0, 0.1) is 5.92 Å². The third-order valence-corrected chi connectivity index (χ3v) is 9.22. The number of nitrogens with zero attached hydrogens (tertiary/aromatic N) is 1. The lowest BCUT2D eigenvalue weighted by Gasteiger charge is -2.31. The Bertz CT molecular complexity index is 734. The van der Waals surface area contributed by atoms with Gasteiger partial charge in [-0.25, -0.2) is 12.7 Å². The second-order valence-electron chi connectivity index (χ2n) is 8.17. The molecule has 0 unspecified atom stereocenters. The summed E-state index contributed by atoms with van der Waals surface area (Å²) in [6, 6.07) is 9.97. The van der Waals surface area contributed by atoms with Crippen LogP contribution in [0.4, 0.5) is 0 Å². The van der Waals surface area contributed by atoms with Crippen LogP contribution in [0.5, 0.6) is 0 Å². The summed E-state index contributed by atoms with van der Waals surface area (Å²) in [6.07, 6.45) is 8.18. The molecule has 29 heavy (non-hydrogen) atoms. The fourth-order valence-corrected chi connectivity index (χ4v) is 7.04. The maximum Gasteiger partial charge on any atom is 0.224 e. The van der Waals surface area contributed by atoms with E-state index in [1.165, 1.54) is 25.7 Å². The zero-order valence-electron chi connectivity index (χ0n) is 17.2. The van der Waals surface area contributed by atoms with Crippen molar-refractivity contribution < 1.29 is 13.2 Å². The van der Waals surface area contributed by atoms with Gasteiger partial charge in [-0.1, -0.05) is 43.2 Å². The maximum atomic E-state index is 12.7. The molecule has 1 aromatic carbocycles. The van der Waals surface area contributed by atoms with Crippen LogP contribution in [-0.2, 0) is 21.2 Å². The highest BCUT2D eigenvalue weighted by atomic mass is 32.2. The SMILES string of the molecule is O=C(NCCSC1CCCC1)[C@@H]1CCCN(S(=O)(=O)CCCc2ccccc2)C1. The van der Waals surface area contributed by atoms with Crippen LogP contribution in [0.2, 0.25) is 0 Å². The number of sulfonamides is 1. The van der Waals surface area contributed by atoms with Gasteiger partial charge in [0, 0.05) is 30.6 Å². The number of rotatable bonds is 10. The smallest absolute Gasteiger partial charge is 0.224 e. The molecule has 1 N–H and O–H groups in total.